The third-order valence-electron chi connectivity index (χ3n) is 2.17. The lowest BCUT2D eigenvalue weighted by Gasteiger charge is -2.06. The molecule has 0 heterocycles. The van der Waals surface area contributed by atoms with Crippen molar-refractivity contribution in [3.05, 3.63) is 0 Å². The maximum Gasteiger partial charge on any atom is 0.219 e. The molecule has 0 atom stereocenters. The van der Waals surface area contributed by atoms with E-state index in [-0.39, 0.29) is 5.91 Å². The standard InChI is InChI=1S/C11H24N2O/c1-10(2)6-4-8-13-9-5-7-11(14)12-3/h10,13H,4-9H2,1-3H3,(H,12,14). The Balaban J connectivity index is 3.03. The normalized spacial score (nSPS) is 10.6. The molecule has 84 valence electrons. The Hall–Kier alpha value is -0.570. The van der Waals surface area contributed by atoms with Crippen LogP contribution in [0.2, 0.25) is 0 Å². The Morgan fingerprint density at radius 1 is 1.21 bits per heavy atom. The zero-order chi connectivity index (χ0) is 10.8. The Kier molecular flexibility index (Phi) is 8.64. The van der Waals surface area contributed by atoms with E-state index in [0.29, 0.717) is 6.42 Å². The molecule has 3 nitrogen and oxygen atoms in total. The van der Waals surface area contributed by atoms with E-state index in [2.05, 4.69) is 24.5 Å². The van der Waals surface area contributed by atoms with Crippen LogP contribution in [0, 0.1) is 5.92 Å². The maximum atomic E-state index is 10.9. The van der Waals surface area contributed by atoms with Crippen LogP contribution in [0.1, 0.15) is 39.5 Å². The summed E-state index contributed by atoms with van der Waals surface area (Å²) < 4.78 is 0. The van der Waals surface area contributed by atoms with Gasteiger partial charge in [0.15, 0.2) is 0 Å². The molecule has 2 N–H and O–H groups in total. The largest absolute Gasteiger partial charge is 0.359 e. The predicted octanol–water partition coefficient (Wildman–Crippen LogP) is 1.54. The molecule has 0 bridgehead atoms. The first-order chi connectivity index (χ1) is 6.66. The molecule has 1 amide bonds. The molecule has 0 radical (unpaired) electrons. The number of carbonyl (C=O) groups is 1. The minimum atomic E-state index is 0.133. The van der Waals surface area contributed by atoms with Gasteiger partial charge in [-0.15, -0.1) is 0 Å². The van der Waals surface area contributed by atoms with Crippen molar-refractivity contribution in [1.29, 1.82) is 0 Å². The van der Waals surface area contributed by atoms with Gasteiger partial charge in [-0.05, 0) is 38.3 Å². The number of rotatable bonds is 8. The number of nitrogens with one attached hydrogen (secondary N) is 2. The van der Waals surface area contributed by atoms with Gasteiger partial charge in [0.25, 0.3) is 0 Å². The highest BCUT2D eigenvalue weighted by Crippen LogP contribution is 2.01. The average molecular weight is 200 g/mol. The van der Waals surface area contributed by atoms with Crippen LogP contribution >= 0.6 is 0 Å². The van der Waals surface area contributed by atoms with E-state index in [1.807, 2.05) is 0 Å². The summed E-state index contributed by atoms with van der Waals surface area (Å²) in [5.74, 6) is 0.927. The van der Waals surface area contributed by atoms with E-state index in [9.17, 15) is 4.79 Å². The monoisotopic (exact) mass is 200 g/mol. The van der Waals surface area contributed by atoms with E-state index in [1.165, 1.54) is 12.8 Å². The summed E-state index contributed by atoms with van der Waals surface area (Å²) in [5, 5.41) is 5.96. The summed E-state index contributed by atoms with van der Waals surface area (Å²) in [5.41, 5.74) is 0. The van der Waals surface area contributed by atoms with Gasteiger partial charge in [-0.1, -0.05) is 13.8 Å². The molecule has 0 aromatic carbocycles. The van der Waals surface area contributed by atoms with Crippen molar-refractivity contribution in [1.82, 2.24) is 10.6 Å². The number of hydrogen-bond acceptors (Lipinski definition) is 2. The molecule has 0 unspecified atom stereocenters. The first-order valence-electron chi connectivity index (χ1n) is 5.58. The molecule has 0 spiro atoms. The molecular formula is C11H24N2O. The van der Waals surface area contributed by atoms with Crippen LogP contribution in [0.15, 0.2) is 0 Å². The molecule has 14 heavy (non-hydrogen) atoms. The van der Waals surface area contributed by atoms with E-state index < -0.39 is 0 Å². The first-order valence-corrected chi connectivity index (χ1v) is 5.58. The zero-order valence-electron chi connectivity index (χ0n) is 9.73. The Morgan fingerprint density at radius 3 is 2.43 bits per heavy atom. The van der Waals surface area contributed by atoms with Gasteiger partial charge < -0.3 is 10.6 Å². The van der Waals surface area contributed by atoms with Gasteiger partial charge in [0.2, 0.25) is 5.91 Å². The van der Waals surface area contributed by atoms with Crippen LogP contribution in [0.3, 0.4) is 0 Å². The second-order valence-electron chi connectivity index (χ2n) is 4.06. The molecule has 0 saturated carbocycles. The van der Waals surface area contributed by atoms with Gasteiger partial charge in [0.05, 0.1) is 0 Å². The fourth-order valence-corrected chi connectivity index (χ4v) is 1.26. The number of carbonyl (C=O) groups excluding carboxylic acids is 1. The van der Waals surface area contributed by atoms with Gasteiger partial charge >= 0.3 is 0 Å². The Morgan fingerprint density at radius 2 is 1.86 bits per heavy atom. The van der Waals surface area contributed by atoms with E-state index in [1.54, 1.807) is 7.05 Å². The fourth-order valence-electron chi connectivity index (χ4n) is 1.26. The van der Waals surface area contributed by atoms with Crippen molar-refractivity contribution in [2.24, 2.45) is 5.92 Å². The van der Waals surface area contributed by atoms with E-state index >= 15 is 0 Å². The SMILES string of the molecule is CNC(=O)CCCNCCCC(C)C. The van der Waals surface area contributed by atoms with Gasteiger partial charge in [-0.3, -0.25) is 4.79 Å². The number of amides is 1. The third-order valence-corrected chi connectivity index (χ3v) is 2.17. The predicted molar refractivity (Wildman–Crippen MR) is 60.2 cm³/mol. The van der Waals surface area contributed by atoms with Crippen molar-refractivity contribution >= 4 is 5.91 Å². The van der Waals surface area contributed by atoms with Crippen LogP contribution < -0.4 is 10.6 Å². The lowest BCUT2D eigenvalue weighted by atomic mass is 10.1. The average Bonchev–Trinajstić information content (AvgIpc) is 2.15. The molecule has 0 fully saturated rings. The smallest absolute Gasteiger partial charge is 0.219 e. The molecule has 0 aliphatic heterocycles. The molecule has 0 rings (SSSR count). The first kappa shape index (κ1) is 13.4. The summed E-state index contributed by atoms with van der Waals surface area (Å²) in [4.78, 5) is 10.9. The summed E-state index contributed by atoms with van der Waals surface area (Å²) in [6, 6.07) is 0. The van der Waals surface area contributed by atoms with Crippen molar-refractivity contribution in [3.63, 3.8) is 0 Å². The zero-order valence-corrected chi connectivity index (χ0v) is 9.73. The van der Waals surface area contributed by atoms with Gasteiger partial charge in [-0.2, -0.15) is 0 Å². The van der Waals surface area contributed by atoms with Crippen LogP contribution in [0.25, 0.3) is 0 Å². The lowest BCUT2D eigenvalue weighted by molar-refractivity contribution is -0.120. The molecule has 0 aliphatic carbocycles. The van der Waals surface area contributed by atoms with Crippen LogP contribution in [-0.4, -0.2) is 26.0 Å². The highest BCUT2D eigenvalue weighted by atomic mass is 16.1. The van der Waals surface area contributed by atoms with E-state index in [0.717, 1.165) is 25.4 Å². The topological polar surface area (TPSA) is 41.1 Å². The summed E-state index contributed by atoms with van der Waals surface area (Å²) in [6.45, 7) is 6.51. The van der Waals surface area contributed by atoms with Crippen molar-refractivity contribution < 1.29 is 4.79 Å². The van der Waals surface area contributed by atoms with Crippen LogP contribution in [0.4, 0.5) is 0 Å². The second kappa shape index (κ2) is 9.00. The van der Waals surface area contributed by atoms with Crippen molar-refractivity contribution in [2.75, 3.05) is 20.1 Å². The Labute approximate surface area is 87.6 Å². The Bertz CT molecular complexity index is 146. The van der Waals surface area contributed by atoms with Crippen LogP contribution in [0.5, 0.6) is 0 Å². The fraction of sp³-hybridized carbons (Fsp3) is 0.909. The summed E-state index contributed by atoms with van der Waals surface area (Å²) >= 11 is 0. The van der Waals surface area contributed by atoms with E-state index in [4.69, 9.17) is 0 Å². The van der Waals surface area contributed by atoms with Gasteiger partial charge in [0.1, 0.15) is 0 Å². The third kappa shape index (κ3) is 9.52. The minimum absolute atomic E-state index is 0.133. The summed E-state index contributed by atoms with van der Waals surface area (Å²) in [6.07, 6.45) is 4.08. The maximum absolute atomic E-state index is 10.9. The molecule has 0 aromatic heterocycles. The van der Waals surface area contributed by atoms with Gasteiger partial charge in [0, 0.05) is 13.5 Å². The lowest BCUT2D eigenvalue weighted by Crippen LogP contribution is -2.21. The molecular weight excluding hydrogens is 176 g/mol. The highest BCUT2D eigenvalue weighted by Gasteiger charge is 1.97. The minimum Gasteiger partial charge on any atom is -0.359 e. The van der Waals surface area contributed by atoms with Crippen molar-refractivity contribution in [3.8, 4) is 0 Å². The quantitative estimate of drug-likeness (QED) is 0.584. The molecule has 0 saturated heterocycles. The van der Waals surface area contributed by atoms with Crippen LogP contribution in [-0.2, 0) is 4.79 Å². The van der Waals surface area contributed by atoms with Crippen molar-refractivity contribution in [2.45, 2.75) is 39.5 Å². The molecule has 0 aliphatic rings. The second-order valence-corrected chi connectivity index (χ2v) is 4.06. The number of hydrogen-bond donors (Lipinski definition) is 2. The molecule has 0 aromatic rings. The van der Waals surface area contributed by atoms with Gasteiger partial charge in [-0.25, -0.2) is 0 Å². The summed E-state index contributed by atoms with van der Waals surface area (Å²) in [7, 11) is 1.68. The highest BCUT2D eigenvalue weighted by molar-refractivity contribution is 5.75. The molecule has 3 heteroatoms.